The second kappa shape index (κ2) is 24.9. The van der Waals surface area contributed by atoms with Crippen LogP contribution in [-0.2, 0) is 14.3 Å². The minimum atomic E-state index is -0.272. The summed E-state index contributed by atoms with van der Waals surface area (Å²) in [4.78, 5) is 37.0. The van der Waals surface area contributed by atoms with Crippen molar-refractivity contribution in [3.05, 3.63) is 0 Å². The van der Waals surface area contributed by atoms with E-state index in [1.54, 1.807) is 22.6 Å². The van der Waals surface area contributed by atoms with E-state index in [1.807, 2.05) is 0 Å². The predicted molar refractivity (Wildman–Crippen MR) is 151 cm³/mol. The van der Waals surface area contributed by atoms with Crippen LogP contribution in [0.15, 0.2) is 0 Å². The quantitative estimate of drug-likeness (QED) is 0.0620. The minimum absolute atomic E-state index is 0.0768. The molecule has 0 rings (SSSR count). The van der Waals surface area contributed by atoms with Gasteiger partial charge in [-0.25, -0.2) is 4.79 Å². The molecule has 0 aromatic heterocycles. The second-order valence-corrected chi connectivity index (χ2v) is 9.84. The highest BCUT2D eigenvalue weighted by atomic mass is 127. The van der Waals surface area contributed by atoms with Crippen LogP contribution in [0.5, 0.6) is 0 Å². The van der Waals surface area contributed by atoms with Gasteiger partial charge in [-0.1, -0.05) is 51.9 Å². The van der Waals surface area contributed by atoms with Crippen LogP contribution in [0, 0.1) is 0 Å². The first-order chi connectivity index (χ1) is 16.0. The van der Waals surface area contributed by atoms with Crippen molar-refractivity contribution in [3.63, 3.8) is 0 Å². The summed E-state index contributed by atoms with van der Waals surface area (Å²) in [6.45, 7) is 7.17. The van der Waals surface area contributed by atoms with Gasteiger partial charge in [-0.2, -0.15) is 0 Å². The number of hydrogen-bond acceptors (Lipinski definition) is 6. The largest absolute Gasteiger partial charge is 0.458 e. The Balaban J connectivity index is 3.84. The molecule has 8 nitrogen and oxygen atoms in total. The van der Waals surface area contributed by atoms with Crippen LogP contribution in [0.3, 0.4) is 0 Å². The Labute approximate surface area is 228 Å². The maximum absolute atomic E-state index is 12.0. The lowest BCUT2D eigenvalue weighted by Gasteiger charge is -2.22. The maximum Gasteiger partial charge on any atom is 0.367 e. The van der Waals surface area contributed by atoms with Crippen molar-refractivity contribution in [1.82, 2.24) is 19.1 Å². The Morgan fingerprint density at radius 3 is 1.73 bits per heavy atom. The molecule has 0 aromatic rings. The fraction of sp³-hybridized carbons (Fsp3) is 0.870. The summed E-state index contributed by atoms with van der Waals surface area (Å²) in [6.07, 6.45) is 11.9. The number of rotatable bonds is 23. The molecule has 0 aliphatic carbocycles. The summed E-state index contributed by atoms with van der Waals surface area (Å²) >= 11 is 3.76. The Kier molecular flexibility index (Phi) is 24.7. The van der Waals surface area contributed by atoms with Gasteiger partial charge in [-0.05, 0) is 19.3 Å². The second-order valence-electron chi connectivity index (χ2n) is 8.19. The van der Waals surface area contributed by atoms with Crippen molar-refractivity contribution in [3.8, 4) is 0 Å². The smallest absolute Gasteiger partial charge is 0.367 e. The Bertz CT molecular complexity index is 513. The van der Waals surface area contributed by atoms with Crippen molar-refractivity contribution >= 4 is 61.2 Å². The van der Waals surface area contributed by atoms with Gasteiger partial charge in [0.15, 0.2) is 0 Å². The highest BCUT2D eigenvalue weighted by Crippen LogP contribution is 2.07. The standard InChI is InChI=1S/C23H44I2N4O4/c1-2-3-4-5-6-9-12-21(30)26-14-17-29(19-16-28-25)18-15-27-22(31)13-10-7-8-11-20-33-23(24)32/h28H,2-20H2,1H3,(H,26,30)(H,27,31). The lowest BCUT2D eigenvalue weighted by Crippen LogP contribution is -2.41. The van der Waals surface area contributed by atoms with E-state index < -0.39 is 0 Å². The highest BCUT2D eigenvalue weighted by molar-refractivity contribution is 14.1. The van der Waals surface area contributed by atoms with Crippen LogP contribution in [-0.4, -0.2) is 66.6 Å². The zero-order valence-corrected chi connectivity index (χ0v) is 24.6. The van der Waals surface area contributed by atoms with E-state index >= 15 is 0 Å². The third kappa shape index (κ3) is 24.7. The van der Waals surface area contributed by atoms with E-state index in [2.05, 4.69) is 48.9 Å². The molecule has 0 spiro atoms. The van der Waals surface area contributed by atoms with Crippen molar-refractivity contribution in [2.45, 2.75) is 84.0 Å². The van der Waals surface area contributed by atoms with E-state index in [4.69, 9.17) is 4.74 Å². The van der Waals surface area contributed by atoms with E-state index in [0.29, 0.717) is 32.5 Å². The molecule has 0 unspecified atom stereocenters. The van der Waals surface area contributed by atoms with Gasteiger partial charge >= 0.3 is 3.98 Å². The molecule has 0 aliphatic rings. The van der Waals surface area contributed by atoms with E-state index in [0.717, 1.165) is 64.7 Å². The summed E-state index contributed by atoms with van der Waals surface area (Å²) in [5.41, 5.74) is 0. The number of carbonyl (C=O) groups excluding carboxylic acids is 3. The van der Waals surface area contributed by atoms with Crippen LogP contribution in [0.25, 0.3) is 0 Å². The van der Waals surface area contributed by atoms with E-state index in [1.165, 1.54) is 25.7 Å². The summed E-state index contributed by atoms with van der Waals surface area (Å²) in [5, 5.41) is 6.02. The van der Waals surface area contributed by atoms with Crippen molar-refractivity contribution in [2.24, 2.45) is 0 Å². The number of ether oxygens (including phenoxy) is 1. The molecule has 0 bridgehead atoms. The van der Waals surface area contributed by atoms with E-state index in [9.17, 15) is 14.4 Å². The Morgan fingerprint density at radius 2 is 1.21 bits per heavy atom. The highest BCUT2D eigenvalue weighted by Gasteiger charge is 2.08. The number of carbonyl (C=O) groups is 3. The van der Waals surface area contributed by atoms with Gasteiger partial charge in [0.25, 0.3) is 0 Å². The summed E-state index contributed by atoms with van der Waals surface area (Å²) < 4.78 is 7.74. The summed E-state index contributed by atoms with van der Waals surface area (Å²) in [7, 11) is 0. The van der Waals surface area contributed by atoms with Crippen molar-refractivity contribution in [1.29, 1.82) is 0 Å². The normalized spacial score (nSPS) is 10.9. The van der Waals surface area contributed by atoms with Gasteiger partial charge in [0, 0.05) is 75.0 Å². The van der Waals surface area contributed by atoms with Gasteiger partial charge in [0.2, 0.25) is 11.8 Å². The fourth-order valence-corrected chi connectivity index (χ4v) is 3.84. The molecule has 0 atom stereocenters. The third-order valence-electron chi connectivity index (χ3n) is 5.29. The van der Waals surface area contributed by atoms with Crippen molar-refractivity contribution < 1.29 is 19.1 Å². The molecule has 33 heavy (non-hydrogen) atoms. The van der Waals surface area contributed by atoms with Crippen LogP contribution in [0.4, 0.5) is 4.79 Å². The van der Waals surface area contributed by atoms with E-state index in [-0.39, 0.29) is 15.8 Å². The molecular formula is C23H44I2N4O4. The van der Waals surface area contributed by atoms with Gasteiger partial charge in [0.1, 0.15) is 0 Å². The number of nitrogens with zero attached hydrogens (tertiary/aromatic N) is 1. The molecule has 0 saturated carbocycles. The summed E-state index contributed by atoms with van der Waals surface area (Å²) in [6, 6.07) is 0. The Hall–Kier alpha value is -0.210. The molecule has 3 N–H and O–H groups in total. The fourth-order valence-electron chi connectivity index (χ4n) is 3.38. The average molecular weight is 694 g/mol. The predicted octanol–water partition coefficient (Wildman–Crippen LogP) is 4.73. The molecule has 0 fully saturated rings. The van der Waals surface area contributed by atoms with Crippen LogP contribution in [0.1, 0.15) is 84.0 Å². The first-order valence-corrected chi connectivity index (χ1v) is 14.6. The number of amides is 2. The monoisotopic (exact) mass is 694 g/mol. The number of unbranched alkanes of at least 4 members (excludes halogenated alkanes) is 8. The molecule has 2 amide bonds. The minimum Gasteiger partial charge on any atom is -0.458 e. The number of halogens is 2. The van der Waals surface area contributed by atoms with Gasteiger partial charge in [-0.3, -0.25) is 18.0 Å². The van der Waals surface area contributed by atoms with Gasteiger partial charge in [-0.15, -0.1) is 0 Å². The first-order valence-electron chi connectivity index (χ1n) is 12.4. The maximum atomic E-state index is 12.0. The SMILES string of the molecule is CCCCCCCCC(=O)NCCN(CCNI)CCNC(=O)CCCCCCOC(=O)I. The molecule has 0 heterocycles. The first kappa shape index (κ1) is 32.8. The lowest BCUT2D eigenvalue weighted by atomic mass is 10.1. The molecular weight excluding hydrogens is 650 g/mol. The van der Waals surface area contributed by atoms with Gasteiger partial charge < -0.3 is 15.4 Å². The molecule has 194 valence electrons. The van der Waals surface area contributed by atoms with Crippen LogP contribution < -0.4 is 14.2 Å². The number of hydrogen-bond donors (Lipinski definition) is 3. The summed E-state index contributed by atoms with van der Waals surface area (Å²) in [5.74, 6) is 0.214. The van der Waals surface area contributed by atoms with Crippen molar-refractivity contribution in [2.75, 3.05) is 45.9 Å². The van der Waals surface area contributed by atoms with Crippen LogP contribution >= 0.6 is 45.5 Å². The number of nitrogens with one attached hydrogen (secondary N) is 3. The topological polar surface area (TPSA) is 99.8 Å². The van der Waals surface area contributed by atoms with Crippen LogP contribution in [0.2, 0.25) is 0 Å². The molecule has 0 saturated heterocycles. The molecule has 10 heteroatoms. The van der Waals surface area contributed by atoms with Gasteiger partial charge in [0.05, 0.1) is 29.2 Å². The average Bonchev–Trinajstić information content (AvgIpc) is 2.78. The zero-order chi connectivity index (χ0) is 24.6. The molecule has 0 aliphatic heterocycles. The molecule has 0 radical (unpaired) electrons. The zero-order valence-electron chi connectivity index (χ0n) is 20.3. The third-order valence-corrected chi connectivity index (χ3v) is 6.14. The Morgan fingerprint density at radius 1 is 0.727 bits per heavy atom. The molecule has 0 aromatic carbocycles. The lowest BCUT2D eigenvalue weighted by molar-refractivity contribution is -0.121.